The van der Waals surface area contributed by atoms with Gasteiger partial charge in [-0.1, -0.05) is 30.4 Å². The molecule has 1 aliphatic rings. The Kier molecular flexibility index (Phi) is 6.65. The van der Waals surface area contributed by atoms with Gasteiger partial charge in [0.2, 0.25) is 5.13 Å². The molecule has 1 saturated heterocycles. The van der Waals surface area contributed by atoms with Gasteiger partial charge in [0, 0.05) is 6.54 Å². The van der Waals surface area contributed by atoms with Gasteiger partial charge in [-0.3, -0.25) is 9.69 Å². The third-order valence-corrected chi connectivity index (χ3v) is 5.62. The molecule has 1 N–H and O–H groups in total. The minimum absolute atomic E-state index is 0.100. The van der Waals surface area contributed by atoms with Crippen LogP contribution in [0.25, 0.3) is 6.08 Å². The summed E-state index contributed by atoms with van der Waals surface area (Å²) >= 11 is 2.68. The largest absolute Gasteiger partial charge is 0.479 e. The van der Waals surface area contributed by atoms with E-state index in [2.05, 4.69) is 15.2 Å². The molecule has 1 aromatic heterocycles. The predicted molar refractivity (Wildman–Crippen MR) is 113 cm³/mol. The molecule has 10 heteroatoms. The van der Waals surface area contributed by atoms with Crippen LogP contribution in [0.15, 0.2) is 34.2 Å². The Hall–Kier alpha value is -2.72. The number of aryl methyl sites for hydroxylation is 1. The van der Waals surface area contributed by atoms with Crippen molar-refractivity contribution in [2.24, 2.45) is 4.99 Å². The summed E-state index contributed by atoms with van der Waals surface area (Å²) in [6.07, 6.45) is 1.66. The number of amidine groups is 1. The standard InChI is InChI=1S/C19H20N4O4S2/c1-4-9-23-16(24)15(29-19(23)20-18-22-21-12(3)28-18)10-13-5-7-14(8-6-13)27-11(2)17(25)26/h5-8,10-11H,4,9H2,1-3H3,(H,25,26)/b15-10+,20-19+. The zero-order valence-electron chi connectivity index (χ0n) is 16.2. The first-order valence-corrected chi connectivity index (χ1v) is 10.6. The maximum atomic E-state index is 12.8. The number of carboxylic acids is 1. The fraction of sp³-hybridized carbons (Fsp3) is 0.316. The SMILES string of the molecule is CCCN1C(=O)/C(=C\c2ccc(OC(C)C(=O)O)cc2)S/C1=N/c1nnc(C)s1. The average Bonchev–Trinajstić information content (AvgIpc) is 3.22. The van der Waals surface area contributed by atoms with E-state index in [1.165, 1.54) is 30.0 Å². The van der Waals surface area contributed by atoms with Gasteiger partial charge in [-0.25, -0.2) is 4.79 Å². The van der Waals surface area contributed by atoms with E-state index in [1.54, 1.807) is 35.2 Å². The van der Waals surface area contributed by atoms with E-state index in [4.69, 9.17) is 9.84 Å². The molecule has 0 radical (unpaired) electrons. The molecule has 1 fully saturated rings. The van der Waals surface area contributed by atoms with Gasteiger partial charge in [0.25, 0.3) is 5.91 Å². The molecule has 8 nitrogen and oxygen atoms in total. The number of aliphatic carboxylic acids is 1. The molecule has 1 atom stereocenters. The second-order valence-corrected chi connectivity index (χ2v) is 8.40. The smallest absolute Gasteiger partial charge is 0.344 e. The molecular weight excluding hydrogens is 412 g/mol. The van der Waals surface area contributed by atoms with Crippen molar-refractivity contribution in [2.45, 2.75) is 33.3 Å². The highest BCUT2D eigenvalue weighted by Crippen LogP contribution is 2.35. The van der Waals surface area contributed by atoms with Gasteiger partial charge in [-0.15, -0.1) is 10.2 Å². The van der Waals surface area contributed by atoms with Crippen molar-refractivity contribution >= 4 is 51.4 Å². The summed E-state index contributed by atoms with van der Waals surface area (Å²) in [5.74, 6) is -0.678. The van der Waals surface area contributed by atoms with Crippen LogP contribution in [0, 0.1) is 6.92 Å². The Balaban J connectivity index is 1.80. The first-order chi connectivity index (χ1) is 13.9. The molecule has 0 aliphatic carbocycles. The normalized spacial score (nSPS) is 17.9. The Morgan fingerprint density at radius 2 is 2.07 bits per heavy atom. The summed E-state index contributed by atoms with van der Waals surface area (Å²) in [4.78, 5) is 30.4. The molecule has 1 unspecified atom stereocenters. The summed E-state index contributed by atoms with van der Waals surface area (Å²) < 4.78 is 5.32. The number of rotatable bonds is 7. The zero-order chi connectivity index (χ0) is 21.0. The lowest BCUT2D eigenvalue weighted by Gasteiger charge is -2.13. The number of benzene rings is 1. The van der Waals surface area contributed by atoms with Crippen LogP contribution < -0.4 is 4.74 Å². The molecule has 29 heavy (non-hydrogen) atoms. The van der Waals surface area contributed by atoms with E-state index in [9.17, 15) is 9.59 Å². The van der Waals surface area contributed by atoms with Crippen molar-refractivity contribution in [1.29, 1.82) is 0 Å². The predicted octanol–water partition coefficient (Wildman–Crippen LogP) is 3.71. The van der Waals surface area contributed by atoms with Gasteiger partial charge in [0.05, 0.1) is 4.91 Å². The minimum atomic E-state index is -1.03. The lowest BCUT2D eigenvalue weighted by Crippen LogP contribution is -2.29. The van der Waals surface area contributed by atoms with E-state index in [0.717, 1.165) is 17.0 Å². The molecule has 3 rings (SSSR count). The molecule has 1 aromatic carbocycles. The van der Waals surface area contributed by atoms with E-state index in [1.807, 2.05) is 13.8 Å². The molecule has 0 spiro atoms. The van der Waals surface area contributed by atoms with Crippen LogP contribution in [0.3, 0.4) is 0 Å². The number of hydrogen-bond donors (Lipinski definition) is 1. The quantitative estimate of drug-likeness (QED) is 0.665. The number of aliphatic imine (C=N–C) groups is 1. The number of thioether (sulfide) groups is 1. The van der Waals surface area contributed by atoms with E-state index >= 15 is 0 Å². The number of aromatic nitrogens is 2. The van der Waals surface area contributed by atoms with Gasteiger partial charge >= 0.3 is 5.97 Å². The van der Waals surface area contributed by atoms with Crippen molar-refractivity contribution < 1.29 is 19.4 Å². The van der Waals surface area contributed by atoms with Crippen LogP contribution in [0.2, 0.25) is 0 Å². The highest BCUT2D eigenvalue weighted by molar-refractivity contribution is 8.18. The highest BCUT2D eigenvalue weighted by Gasteiger charge is 2.33. The summed E-state index contributed by atoms with van der Waals surface area (Å²) in [7, 11) is 0. The monoisotopic (exact) mass is 432 g/mol. The topological polar surface area (TPSA) is 105 Å². The fourth-order valence-electron chi connectivity index (χ4n) is 2.47. The van der Waals surface area contributed by atoms with Crippen LogP contribution in [0.4, 0.5) is 5.13 Å². The molecule has 0 bridgehead atoms. The van der Waals surface area contributed by atoms with Crippen molar-refractivity contribution in [3.8, 4) is 5.75 Å². The summed E-state index contributed by atoms with van der Waals surface area (Å²) in [6, 6.07) is 6.91. The van der Waals surface area contributed by atoms with Crippen LogP contribution in [0.1, 0.15) is 30.8 Å². The Bertz CT molecular complexity index is 969. The maximum absolute atomic E-state index is 12.8. The minimum Gasteiger partial charge on any atom is -0.479 e. The highest BCUT2D eigenvalue weighted by atomic mass is 32.2. The molecule has 1 amide bonds. The first kappa shape index (κ1) is 21.0. The molecule has 1 aliphatic heterocycles. The van der Waals surface area contributed by atoms with Crippen molar-refractivity contribution in [3.05, 3.63) is 39.7 Å². The summed E-state index contributed by atoms with van der Waals surface area (Å²) in [5.41, 5.74) is 0.806. The molecule has 2 heterocycles. The third-order valence-electron chi connectivity index (χ3n) is 3.88. The number of nitrogens with zero attached hydrogens (tertiary/aromatic N) is 4. The van der Waals surface area contributed by atoms with Gasteiger partial charge in [-0.05, 0) is 55.8 Å². The number of hydrogen-bond acceptors (Lipinski definition) is 8. The summed E-state index contributed by atoms with van der Waals surface area (Å²) in [6.45, 7) is 5.89. The van der Waals surface area contributed by atoms with Gasteiger partial charge in [0.15, 0.2) is 11.3 Å². The van der Waals surface area contributed by atoms with Crippen molar-refractivity contribution in [3.63, 3.8) is 0 Å². The van der Waals surface area contributed by atoms with E-state index in [0.29, 0.717) is 27.5 Å². The number of carbonyl (C=O) groups excluding carboxylic acids is 1. The van der Waals surface area contributed by atoms with Crippen molar-refractivity contribution in [1.82, 2.24) is 15.1 Å². The van der Waals surface area contributed by atoms with Crippen LogP contribution >= 0.6 is 23.1 Å². The summed E-state index contributed by atoms with van der Waals surface area (Å²) in [5, 5.41) is 18.8. The number of amides is 1. The fourth-order valence-corrected chi connectivity index (χ4v) is 4.10. The zero-order valence-corrected chi connectivity index (χ0v) is 17.8. The van der Waals surface area contributed by atoms with E-state index in [-0.39, 0.29) is 5.91 Å². The lowest BCUT2D eigenvalue weighted by molar-refractivity contribution is -0.144. The molecule has 152 valence electrons. The molecule has 0 saturated carbocycles. The Labute approximate surface area is 176 Å². The van der Waals surface area contributed by atoms with Gasteiger partial charge in [-0.2, -0.15) is 4.99 Å². The van der Waals surface area contributed by atoms with Crippen LogP contribution in [-0.4, -0.2) is 49.9 Å². The van der Waals surface area contributed by atoms with Crippen LogP contribution in [-0.2, 0) is 9.59 Å². The molecular formula is C19H20N4O4S2. The lowest BCUT2D eigenvalue weighted by atomic mass is 10.2. The number of carboxylic acid groups (broad SMARTS) is 1. The second kappa shape index (κ2) is 9.19. The number of carbonyl (C=O) groups is 2. The Morgan fingerprint density at radius 1 is 1.34 bits per heavy atom. The molecule has 2 aromatic rings. The van der Waals surface area contributed by atoms with Crippen LogP contribution in [0.5, 0.6) is 5.75 Å². The Morgan fingerprint density at radius 3 is 2.66 bits per heavy atom. The van der Waals surface area contributed by atoms with Crippen molar-refractivity contribution in [2.75, 3.05) is 6.54 Å². The third kappa shape index (κ3) is 5.21. The van der Waals surface area contributed by atoms with Gasteiger partial charge < -0.3 is 9.84 Å². The van der Waals surface area contributed by atoms with Gasteiger partial charge in [0.1, 0.15) is 10.8 Å². The number of ether oxygens (including phenoxy) is 1. The first-order valence-electron chi connectivity index (χ1n) is 8.97. The average molecular weight is 433 g/mol. The van der Waals surface area contributed by atoms with E-state index < -0.39 is 12.1 Å². The maximum Gasteiger partial charge on any atom is 0.344 e. The second-order valence-electron chi connectivity index (χ2n) is 6.23.